The lowest BCUT2D eigenvalue weighted by molar-refractivity contribution is 0.351. The van der Waals surface area contributed by atoms with Crippen LogP contribution < -0.4 is 10.1 Å². The van der Waals surface area contributed by atoms with E-state index in [1.54, 1.807) is 7.11 Å². The van der Waals surface area contributed by atoms with Crippen molar-refractivity contribution in [1.82, 2.24) is 5.32 Å². The van der Waals surface area contributed by atoms with Crippen molar-refractivity contribution in [2.45, 2.75) is 32.1 Å². The van der Waals surface area contributed by atoms with Crippen molar-refractivity contribution in [3.63, 3.8) is 0 Å². The summed E-state index contributed by atoms with van der Waals surface area (Å²) in [5, 5.41) is 3.48. The summed E-state index contributed by atoms with van der Waals surface area (Å²) in [7, 11) is 1.73. The molecule has 0 amide bonds. The molecule has 1 aromatic rings. The van der Waals surface area contributed by atoms with E-state index in [1.807, 2.05) is 6.07 Å². The second-order valence-electron chi connectivity index (χ2n) is 4.96. The van der Waals surface area contributed by atoms with Crippen molar-refractivity contribution < 1.29 is 4.74 Å². The van der Waals surface area contributed by atoms with Gasteiger partial charge in [0.15, 0.2) is 0 Å². The molecule has 1 heterocycles. The Hall–Kier alpha value is -1.02. The first kappa shape index (κ1) is 12.4. The van der Waals surface area contributed by atoms with Crippen molar-refractivity contribution in [2.24, 2.45) is 5.92 Å². The molecule has 17 heavy (non-hydrogen) atoms. The molecule has 1 saturated heterocycles. The molecule has 2 nitrogen and oxygen atoms in total. The van der Waals surface area contributed by atoms with Crippen LogP contribution in [-0.2, 0) is 6.42 Å². The number of hydrogen-bond donors (Lipinski definition) is 1. The Morgan fingerprint density at radius 2 is 2.35 bits per heavy atom. The standard InChI is InChI=1S/C15H23NO/c1-17-15-9-3-6-13(11-15)5-2-7-14-8-4-10-16-12-14/h3,6,9,11,14,16H,2,4-5,7-8,10,12H2,1H3/t14-/m0/s1. The monoisotopic (exact) mass is 233 g/mol. The van der Waals surface area contributed by atoms with Crippen LogP contribution in [0.1, 0.15) is 31.2 Å². The fourth-order valence-electron chi connectivity index (χ4n) is 2.59. The smallest absolute Gasteiger partial charge is 0.119 e. The third-order valence-corrected chi connectivity index (χ3v) is 3.61. The second-order valence-corrected chi connectivity index (χ2v) is 4.96. The first-order chi connectivity index (χ1) is 8.38. The zero-order chi connectivity index (χ0) is 11.9. The highest BCUT2D eigenvalue weighted by molar-refractivity contribution is 5.28. The molecular weight excluding hydrogens is 210 g/mol. The number of methoxy groups -OCH3 is 1. The fraction of sp³-hybridized carbons (Fsp3) is 0.600. The van der Waals surface area contributed by atoms with Gasteiger partial charge >= 0.3 is 0 Å². The highest BCUT2D eigenvalue weighted by Gasteiger charge is 2.12. The molecular formula is C15H23NO. The lowest BCUT2D eigenvalue weighted by Gasteiger charge is -2.22. The number of benzene rings is 1. The van der Waals surface area contributed by atoms with Gasteiger partial charge in [-0.1, -0.05) is 12.1 Å². The summed E-state index contributed by atoms with van der Waals surface area (Å²) in [5.74, 6) is 1.87. The van der Waals surface area contributed by atoms with Gasteiger partial charge in [0.25, 0.3) is 0 Å². The summed E-state index contributed by atoms with van der Waals surface area (Å²) in [5.41, 5.74) is 1.40. The lowest BCUT2D eigenvalue weighted by Crippen LogP contribution is -2.29. The van der Waals surface area contributed by atoms with Crippen molar-refractivity contribution in [2.75, 3.05) is 20.2 Å². The van der Waals surface area contributed by atoms with Gasteiger partial charge in [-0.2, -0.15) is 0 Å². The van der Waals surface area contributed by atoms with Crippen LogP contribution in [0, 0.1) is 5.92 Å². The van der Waals surface area contributed by atoms with Gasteiger partial charge in [0, 0.05) is 0 Å². The second kappa shape index (κ2) is 6.65. The van der Waals surface area contributed by atoms with Crippen LogP contribution in [0.25, 0.3) is 0 Å². The zero-order valence-corrected chi connectivity index (χ0v) is 10.7. The van der Waals surface area contributed by atoms with E-state index in [1.165, 1.54) is 50.8 Å². The van der Waals surface area contributed by atoms with Gasteiger partial charge < -0.3 is 10.1 Å². The molecule has 1 atom stereocenters. The molecule has 0 unspecified atom stereocenters. The van der Waals surface area contributed by atoms with Gasteiger partial charge in [-0.05, 0) is 68.8 Å². The highest BCUT2D eigenvalue weighted by Crippen LogP contribution is 2.19. The topological polar surface area (TPSA) is 21.3 Å². The van der Waals surface area contributed by atoms with Crippen LogP contribution in [0.2, 0.25) is 0 Å². The van der Waals surface area contributed by atoms with Crippen molar-refractivity contribution in [3.8, 4) is 5.75 Å². The molecule has 0 spiro atoms. The Morgan fingerprint density at radius 1 is 1.41 bits per heavy atom. The lowest BCUT2D eigenvalue weighted by atomic mass is 9.93. The molecule has 1 N–H and O–H groups in total. The van der Waals surface area contributed by atoms with Gasteiger partial charge in [-0.25, -0.2) is 0 Å². The average Bonchev–Trinajstić information content (AvgIpc) is 2.40. The summed E-state index contributed by atoms with van der Waals surface area (Å²) < 4.78 is 5.24. The van der Waals surface area contributed by atoms with E-state index < -0.39 is 0 Å². The van der Waals surface area contributed by atoms with E-state index in [0.29, 0.717) is 0 Å². The van der Waals surface area contributed by atoms with Gasteiger partial charge in [-0.15, -0.1) is 0 Å². The first-order valence-electron chi connectivity index (χ1n) is 6.72. The van der Waals surface area contributed by atoms with E-state index in [0.717, 1.165) is 11.7 Å². The zero-order valence-electron chi connectivity index (χ0n) is 10.7. The van der Waals surface area contributed by atoms with Crippen molar-refractivity contribution >= 4 is 0 Å². The predicted molar refractivity (Wildman–Crippen MR) is 71.5 cm³/mol. The van der Waals surface area contributed by atoms with Crippen molar-refractivity contribution in [3.05, 3.63) is 29.8 Å². The third-order valence-electron chi connectivity index (χ3n) is 3.61. The Balaban J connectivity index is 1.73. The summed E-state index contributed by atoms with van der Waals surface area (Å²) in [6.45, 7) is 2.44. The number of ether oxygens (including phenoxy) is 1. The Morgan fingerprint density at radius 3 is 3.12 bits per heavy atom. The molecule has 1 aromatic carbocycles. The molecule has 1 fully saturated rings. The van der Waals surface area contributed by atoms with Crippen LogP contribution in [0.3, 0.4) is 0 Å². The normalized spacial score (nSPS) is 20.2. The highest BCUT2D eigenvalue weighted by atomic mass is 16.5. The Kier molecular flexibility index (Phi) is 4.87. The van der Waals surface area contributed by atoms with E-state index in [9.17, 15) is 0 Å². The van der Waals surface area contributed by atoms with Crippen LogP contribution >= 0.6 is 0 Å². The maximum atomic E-state index is 5.24. The molecule has 1 aliphatic heterocycles. The minimum atomic E-state index is 0.898. The molecule has 94 valence electrons. The van der Waals surface area contributed by atoms with Crippen molar-refractivity contribution in [1.29, 1.82) is 0 Å². The van der Waals surface area contributed by atoms with Gasteiger partial charge in [-0.3, -0.25) is 0 Å². The predicted octanol–water partition coefficient (Wildman–Crippen LogP) is 3.02. The number of hydrogen-bond acceptors (Lipinski definition) is 2. The average molecular weight is 233 g/mol. The van der Waals surface area contributed by atoms with Crippen LogP contribution in [0.5, 0.6) is 5.75 Å². The molecule has 0 radical (unpaired) electrons. The Bertz CT molecular complexity index is 331. The van der Waals surface area contributed by atoms with E-state index in [2.05, 4.69) is 23.5 Å². The van der Waals surface area contributed by atoms with Crippen LogP contribution in [-0.4, -0.2) is 20.2 Å². The van der Waals surface area contributed by atoms with E-state index in [-0.39, 0.29) is 0 Å². The first-order valence-corrected chi connectivity index (χ1v) is 6.72. The summed E-state index contributed by atoms with van der Waals surface area (Å²) in [6.07, 6.45) is 6.58. The molecule has 2 heteroatoms. The number of rotatable bonds is 5. The molecule has 0 aliphatic carbocycles. The largest absolute Gasteiger partial charge is 0.497 e. The molecule has 1 aliphatic rings. The maximum Gasteiger partial charge on any atom is 0.119 e. The molecule has 0 saturated carbocycles. The molecule has 2 rings (SSSR count). The van der Waals surface area contributed by atoms with Crippen LogP contribution in [0.4, 0.5) is 0 Å². The van der Waals surface area contributed by atoms with Gasteiger partial charge in [0.05, 0.1) is 7.11 Å². The molecule has 0 bridgehead atoms. The van der Waals surface area contributed by atoms with Gasteiger partial charge in [0.1, 0.15) is 5.75 Å². The summed E-state index contributed by atoms with van der Waals surface area (Å²) in [4.78, 5) is 0. The number of nitrogens with one attached hydrogen (secondary N) is 1. The Labute approximate surface area is 104 Å². The minimum absolute atomic E-state index is 0.898. The maximum absolute atomic E-state index is 5.24. The quantitative estimate of drug-likeness (QED) is 0.844. The SMILES string of the molecule is COc1cccc(CCC[C@H]2CCCNC2)c1. The van der Waals surface area contributed by atoms with E-state index >= 15 is 0 Å². The van der Waals surface area contributed by atoms with Gasteiger partial charge in [0.2, 0.25) is 0 Å². The summed E-state index contributed by atoms with van der Waals surface area (Å²) in [6, 6.07) is 8.44. The summed E-state index contributed by atoms with van der Waals surface area (Å²) >= 11 is 0. The van der Waals surface area contributed by atoms with Crippen LogP contribution in [0.15, 0.2) is 24.3 Å². The third kappa shape index (κ3) is 4.04. The minimum Gasteiger partial charge on any atom is -0.497 e. The number of aryl methyl sites for hydroxylation is 1. The fourth-order valence-corrected chi connectivity index (χ4v) is 2.59. The molecule has 0 aromatic heterocycles. The number of piperidine rings is 1. The van der Waals surface area contributed by atoms with E-state index in [4.69, 9.17) is 4.74 Å².